The molecule has 0 aromatic heterocycles. The second-order valence-electron chi connectivity index (χ2n) is 2.29. The van der Waals surface area contributed by atoms with Gasteiger partial charge in [0, 0.05) is 13.5 Å². The fourth-order valence-corrected chi connectivity index (χ4v) is 0.179. The summed E-state index contributed by atoms with van der Waals surface area (Å²) in [5.41, 5.74) is 4.98. The molecule has 1 unspecified atom stereocenters. The quantitative estimate of drug-likeness (QED) is 0.606. The Morgan fingerprint density at radius 2 is 1.78 bits per heavy atom. The van der Waals surface area contributed by atoms with Gasteiger partial charge < -0.3 is 5.73 Å². The molecule has 0 heterocycles. The summed E-state index contributed by atoms with van der Waals surface area (Å²) in [5, 5.41) is 0. The van der Waals surface area contributed by atoms with Crippen molar-refractivity contribution in [3.63, 3.8) is 0 Å². The minimum Gasteiger partial charge on any atom is -0.329 e. The van der Waals surface area contributed by atoms with E-state index >= 15 is 0 Å². The van der Waals surface area contributed by atoms with Gasteiger partial charge in [0.1, 0.15) is 4.87 Å². The van der Waals surface area contributed by atoms with Crippen molar-refractivity contribution in [3.05, 3.63) is 0 Å². The molecule has 0 radical (unpaired) electrons. The van der Waals surface area contributed by atoms with Crippen molar-refractivity contribution in [1.82, 2.24) is 0 Å². The maximum atomic E-state index is 12.3. The van der Waals surface area contributed by atoms with E-state index in [1.165, 1.54) is 6.92 Å². The molecule has 0 fully saturated rings. The molecule has 0 saturated carbocycles. The van der Waals surface area contributed by atoms with Crippen LogP contribution in [0.15, 0.2) is 0 Å². The Kier molecular flexibility index (Phi) is 2.41. The van der Waals surface area contributed by atoms with Crippen molar-refractivity contribution < 1.29 is 8.78 Å². The van der Waals surface area contributed by atoms with Crippen molar-refractivity contribution in [3.8, 4) is 0 Å². The SMILES string of the molecule is CC(F)(F)C(C)(Cl)CN. The van der Waals surface area contributed by atoms with Crippen LogP contribution < -0.4 is 5.73 Å². The lowest BCUT2D eigenvalue weighted by Crippen LogP contribution is -2.44. The number of halogens is 3. The van der Waals surface area contributed by atoms with E-state index in [-0.39, 0.29) is 6.54 Å². The van der Waals surface area contributed by atoms with E-state index < -0.39 is 10.8 Å². The van der Waals surface area contributed by atoms with Crippen LogP contribution in [0.3, 0.4) is 0 Å². The molecule has 0 aromatic rings. The monoisotopic (exact) mass is 157 g/mol. The lowest BCUT2D eigenvalue weighted by atomic mass is 10.1. The fourth-order valence-electron chi connectivity index (χ4n) is 0.179. The molecule has 0 saturated heterocycles. The summed E-state index contributed by atoms with van der Waals surface area (Å²) < 4.78 is 24.6. The molecule has 0 bridgehead atoms. The van der Waals surface area contributed by atoms with Crippen molar-refractivity contribution >= 4 is 11.6 Å². The molecular formula is C5H10ClF2N. The minimum atomic E-state index is -2.91. The summed E-state index contributed by atoms with van der Waals surface area (Å²) in [6.07, 6.45) is 0. The Balaban J connectivity index is 4.14. The third-order valence-electron chi connectivity index (χ3n) is 1.30. The van der Waals surface area contributed by atoms with Gasteiger partial charge in [-0.15, -0.1) is 11.6 Å². The van der Waals surface area contributed by atoms with Gasteiger partial charge in [-0.3, -0.25) is 0 Å². The molecule has 0 aromatic carbocycles. The number of rotatable bonds is 2. The zero-order chi connectivity index (χ0) is 7.71. The highest BCUT2D eigenvalue weighted by Gasteiger charge is 2.43. The molecule has 9 heavy (non-hydrogen) atoms. The summed E-state index contributed by atoms with van der Waals surface area (Å²) in [6, 6.07) is 0. The third-order valence-corrected chi connectivity index (χ3v) is 1.78. The fraction of sp³-hybridized carbons (Fsp3) is 1.00. The highest BCUT2D eigenvalue weighted by atomic mass is 35.5. The van der Waals surface area contributed by atoms with Crippen LogP contribution in [0.1, 0.15) is 13.8 Å². The lowest BCUT2D eigenvalue weighted by Gasteiger charge is -2.26. The Labute approximate surface area is 58.2 Å². The molecule has 2 N–H and O–H groups in total. The largest absolute Gasteiger partial charge is 0.329 e. The third kappa shape index (κ3) is 2.06. The van der Waals surface area contributed by atoms with Crippen molar-refractivity contribution in [2.75, 3.05) is 6.54 Å². The second-order valence-corrected chi connectivity index (χ2v) is 3.12. The zero-order valence-electron chi connectivity index (χ0n) is 5.42. The molecule has 56 valence electrons. The van der Waals surface area contributed by atoms with Gasteiger partial charge in [0.15, 0.2) is 0 Å². The number of alkyl halides is 3. The smallest absolute Gasteiger partial charge is 0.265 e. The highest BCUT2D eigenvalue weighted by Crippen LogP contribution is 2.32. The summed E-state index contributed by atoms with van der Waals surface area (Å²) in [4.78, 5) is -1.60. The van der Waals surface area contributed by atoms with E-state index in [1.807, 2.05) is 0 Å². The Hall–Kier alpha value is 0.110. The molecule has 0 aliphatic rings. The maximum Gasteiger partial charge on any atom is 0.265 e. The van der Waals surface area contributed by atoms with E-state index in [0.29, 0.717) is 0 Å². The first kappa shape index (κ1) is 9.11. The molecule has 0 spiro atoms. The van der Waals surface area contributed by atoms with Crippen molar-refractivity contribution in [2.45, 2.75) is 24.6 Å². The number of hydrogen-bond donors (Lipinski definition) is 1. The van der Waals surface area contributed by atoms with E-state index in [4.69, 9.17) is 17.3 Å². The average Bonchev–Trinajstić information content (AvgIpc) is 1.64. The Bertz CT molecular complexity index is 97.6. The molecule has 0 rings (SSSR count). The predicted octanol–water partition coefficient (Wildman–Crippen LogP) is 1.60. The van der Waals surface area contributed by atoms with Crippen molar-refractivity contribution in [1.29, 1.82) is 0 Å². The first-order valence-corrected chi connectivity index (χ1v) is 2.96. The molecule has 0 aliphatic carbocycles. The number of hydrogen-bond acceptors (Lipinski definition) is 1. The summed E-state index contributed by atoms with van der Waals surface area (Å²) >= 11 is 5.32. The van der Waals surface area contributed by atoms with E-state index in [1.54, 1.807) is 0 Å². The van der Waals surface area contributed by atoms with Crippen LogP contribution in [0, 0.1) is 0 Å². The van der Waals surface area contributed by atoms with Gasteiger partial charge in [0.25, 0.3) is 5.92 Å². The molecule has 0 amide bonds. The van der Waals surface area contributed by atoms with Gasteiger partial charge in [0.05, 0.1) is 0 Å². The van der Waals surface area contributed by atoms with Crippen LogP contribution in [0.4, 0.5) is 8.78 Å². The summed E-state index contributed by atoms with van der Waals surface area (Å²) in [7, 11) is 0. The summed E-state index contributed by atoms with van der Waals surface area (Å²) in [6.45, 7) is 1.75. The molecule has 1 nitrogen and oxygen atoms in total. The van der Waals surface area contributed by atoms with Crippen LogP contribution in [0.5, 0.6) is 0 Å². The Morgan fingerprint density at radius 3 is 1.78 bits per heavy atom. The summed E-state index contributed by atoms with van der Waals surface area (Å²) in [5.74, 6) is -2.91. The van der Waals surface area contributed by atoms with Gasteiger partial charge in [-0.2, -0.15) is 0 Å². The first-order valence-electron chi connectivity index (χ1n) is 2.58. The predicted molar refractivity (Wildman–Crippen MR) is 33.9 cm³/mol. The van der Waals surface area contributed by atoms with Crippen LogP contribution in [0.2, 0.25) is 0 Å². The topological polar surface area (TPSA) is 26.0 Å². The second kappa shape index (κ2) is 2.39. The first-order chi connectivity index (χ1) is 3.81. The van der Waals surface area contributed by atoms with Crippen LogP contribution in [-0.4, -0.2) is 17.3 Å². The molecule has 4 heteroatoms. The Morgan fingerprint density at radius 1 is 1.44 bits per heavy atom. The number of nitrogens with two attached hydrogens (primary N) is 1. The van der Waals surface area contributed by atoms with Gasteiger partial charge in [-0.25, -0.2) is 8.78 Å². The van der Waals surface area contributed by atoms with Gasteiger partial charge >= 0.3 is 0 Å². The average molecular weight is 158 g/mol. The van der Waals surface area contributed by atoms with Crippen LogP contribution in [-0.2, 0) is 0 Å². The standard InChI is InChI=1S/C5H10ClF2N/c1-4(6,3-9)5(2,7)8/h3,9H2,1-2H3. The highest BCUT2D eigenvalue weighted by molar-refractivity contribution is 6.24. The lowest BCUT2D eigenvalue weighted by molar-refractivity contribution is -0.0147. The van der Waals surface area contributed by atoms with Crippen molar-refractivity contribution in [2.24, 2.45) is 5.73 Å². The van der Waals surface area contributed by atoms with E-state index in [2.05, 4.69) is 0 Å². The van der Waals surface area contributed by atoms with Gasteiger partial charge in [-0.1, -0.05) is 0 Å². The minimum absolute atomic E-state index is 0.224. The van der Waals surface area contributed by atoms with Gasteiger partial charge in [0.2, 0.25) is 0 Å². The van der Waals surface area contributed by atoms with Gasteiger partial charge in [-0.05, 0) is 6.92 Å². The van der Waals surface area contributed by atoms with Crippen LogP contribution in [0.25, 0.3) is 0 Å². The van der Waals surface area contributed by atoms with Crippen LogP contribution >= 0.6 is 11.6 Å². The van der Waals surface area contributed by atoms with E-state index in [9.17, 15) is 8.78 Å². The molecular weight excluding hydrogens is 148 g/mol. The van der Waals surface area contributed by atoms with E-state index in [0.717, 1.165) is 6.92 Å². The maximum absolute atomic E-state index is 12.3. The molecule has 0 aliphatic heterocycles. The zero-order valence-corrected chi connectivity index (χ0v) is 6.17. The normalized spacial score (nSPS) is 19.3. The molecule has 1 atom stereocenters.